The van der Waals surface area contributed by atoms with E-state index in [1.807, 2.05) is 19.1 Å². The highest BCUT2D eigenvalue weighted by molar-refractivity contribution is 8.14. The predicted octanol–water partition coefficient (Wildman–Crippen LogP) is 2.12. The van der Waals surface area contributed by atoms with Crippen LogP contribution >= 0.6 is 11.8 Å². The Hall–Kier alpha value is -1.86. The van der Waals surface area contributed by atoms with Crippen LogP contribution in [0.25, 0.3) is 0 Å². The maximum Gasteiger partial charge on any atom is 0.313 e. The van der Waals surface area contributed by atoms with Crippen LogP contribution in [0.1, 0.15) is 17.5 Å². The van der Waals surface area contributed by atoms with Gasteiger partial charge in [-0.3, -0.25) is 15.5 Å². The van der Waals surface area contributed by atoms with E-state index in [1.54, 1.807) is 6.07 Å². The molecule has 0 amide bonds. The predicted molar refractivity (Wildman–Crippen MR) is 75.3 cm³/mol. The number of nitrogens with one attached hydrogen (secondary N) is 1. The van der Waals surface area contributed by atoms with Crippen molar-refractivity contribution < 1.29 is 15.1 Å². The van der Waals surface area contributed by atoms with Crippen molar-refractivity contribution in [3.8, 4) is 0 Å². The summed E-state index contributed by atoms with van der Waals surface area (Å²) in [7, 11) is 0. The molecule has 1 aromatic rings. The summed E-state index contributed by atoms with van der Waals surface area (Å²) in [6.45, 7) is 1.88. The maximum absolute atomic E-state index is 10.5. The fourth-order valence-electron chi connectivity index (χ4n) is 1.64. The summed E-state index contributed by atoms with van der Waals surface area (Å²) < 4.78 is 0. The molecular weight excluding hydrogens is 266 g/mol. The van der Waals surface area contributed by atoms with Crippen molar-refractivity contribution >= 4 is 34.2 Å². The van der Waals surface area contributed by atoms with Gasteiger partial charge in [0, 0.05) is 12.0 Å². The molecule has 0 spiro atoms. The molecule has 7 heteroatoms. The van der Waals surface area contributed by atoms with Crippen molar-refractivity contribution in [1.82, 2.24) is 0 Å². The van der Waals surface area contributed by atoms with Crippen molar-refractivity contribution in [1.29, 1.82) is 0 Å². The number of carbonyl (C=O) groups is 1. The van der Waals surface area contributed by atoms with Crippen LogP contribution in [-0.4, -0.2) is 32.8 Å². The number of anilines is 1. The van der Waals surface area contributed by atoms with Crippen molar-refractivity contribution in [2.45, 2.75) is 13.3 Å². The van der Waals surface area contributed by atoms with Gasteiger partial charge in [-0.05, 0) is 18.6 Å². The lowest BCUT2D eigenvalue weighted by Crippen LogP contribution is -2.06. The van der Waals surface area contributed by atoms with Gasteiger partial charge in [-0.1, -0.05) is 23.9 Å². The zero-order chi connectivity index (χ0) is 13.8. The summed E-state index contributed by atoms with van der Waals surface area (Å²) in [5.41, 5.74) is 5.30. The third kappa shape index (κ3) is 3.33. The van der Waals surface area contributed by atoms with Crippen LogP contribution in [0.15, 0.2) is 28.4 Å². The molecular formula is C12H13N3O3S. The first-order valence-electron chi connectivity index (χ1n) is 5.59. The molecule has 1 aliphatic rings. The SMILES string of the molecule is Cc1ccc(C2=NN=C(SCC(=O)O)C2)cc1NO. The van der Waals surface area contributed by atoms with E-state index in [0.717, 1.165) is 16.8 Å². The van der Waals surface area contributed by atoms with Crippen LogP contribution in [-0.2, 0) is 4.79 Å². The van der Waals surface area contributed by atoms with Crippen molar-refractivity contribution in [2.24, 2.45) is 10.2 Å². The first-order valence-corrected chi connectivity index (χ1v) is 6.58. The molecule has 1 aromatic carbocycles. The number of carboxylic acids is 1. The highest BCUT2D eigenvalue weighted by atomic mass is 32.2. The molecule has 0 bridgehead atoms. The molecule has 100 valence electrons. The highest BCUT2D eigenvalue weighted by Crippen LogP contribution is 2.22. The largest absolute Gasteiger partial charge is 0.481 e. The zero-order valence-electron chi connectivity index (χ0n) is 10.3. The number of rotatable bonds is 4. The van der Waals surface area contributed by atoms with Crippen LogP contribution in [0.2, 0.25) is 0 Å². The molecule has 0 aromatic heterocycles. The van der Waals surface area contributed by atoms with Gasteiger partial charge in [-0.15, -0.1) is 5.10 Å². The lowest BCUT2D eigenvalue weighted by atomic mass is 10.0. The van der Waals surface area contributed by atoms with Crippen LogP contribution in [0.5, 0.6) is 0 Å². The summed E-state index contributed by atoms with van der Waals surface area (Å²) in [6.07, 6.45) is 0.520. The number of nitrogens with zero attached hydrogens (tertiary/aromatic N) is 2. The van der Waals surface area contributed by atoms with Crippen LogP contribution < -0.4 is 5.48 Å². The summed E-state index contributed by atoms with van der Waals surface area (Å²) in [4.78, 5) is 10.5. The normalized spacial score (nSPS) is 14.0. The second kappa shape index (κ2) is 5.85. The van der Waals surface area contributed by atoms with Crippen LogP contribution in [0.4, 0.5) is 5.69 Å². The van der Waals surface area contributed by atoms with Gasteiger partial charge in [-0.2, -0.15) is 5.10 Å². The molecule has 0 radical (unpaired) electrons. The molecule has 0 saturated carbocycles. The minimum atomic E-state index is -0.872. The van der Waals surface area contributed by atoms with Crippen molar-refractivity contribution in [3.63, 3.8) is 0 Å². The molecule has 0 aliphatic carbocycles. The average Bonchev–Trinajstić information content (AvgIpc) is 2.86. The molecule has 19 heavy (non-hydrogen) atoms. The van der Waals surface area contributed by atoms with Gasteiger partial charge in [0.05, 0.1) is 17.2 Å². The van der Waals surface area contributed by atoms with E-state index in [9.17, 15) is 4.79 Å². The third-order valence-corrected chi connectivity index (χ3v) is 3.60. The van der Waals surface area contributed by atoms with E-state index in [4.69, 9.17) is 10.3 Å². The Labute approximate surface area is 114 Å². The van der Waals surface area contributed by atoms with Gasteiger partial charge in [0.15, 0.2) is 0 Å². The molecule has 0 fully saturated rings. The Kier molecular flexibility index (Phi) is 4.18. The van der Waals surface area contributed by atoms with Gasteiger partial charge in [-0.25, -0.2) is 0 Å². The second-order valence-electron chi connectivity index (χ2n) is 4.04. The second-order valence-corrected chi connectivity index (χ2v) is 5.09. The first-order chi connectivity index (χ1) is 9.10. The summed E-state index contributed by atoms with van der Waals surface area (Å²) in [5.74, 6) is -0.887. The number of hydrogen-bond donors (Lipinski definition) is 3. The molecule has 3 N–H and O–H groups in total. The van der Waals surface area contributed by atoms with Crippen LogP contribution in [0, 0.1) is 6.92 Å². The quantitative estimate of drug-likeness (QED) is 0.734. The van der Waals surface area contributed by atoms with E-state index >= 15 is 0 Å². The number of carboxylic acid groups (broad SMARTS) is 1. The minimum Gasteiger partial charge on any atom is -0.481 e. The summed E-state index contributed by atoms with van der Waals surface area (Å²) >= 11 is 1.17. The summed E-state index contributed by atoms with van der Waals surface area (Å²) in [5, 5.41) is 26.3. The Morgan fingerprint density at radius 2 is 2.26 bits per heavy atom. The zero-order valence-corrected chi connectivity index (χ0v) is 11.1. The monoisotopic (exact) mass is 279 g/mol. The Morgan fingerprint density at radius 3 is 2.95 bits per heavy atom. The number of benzene rings is 1. The van der Waals surface area contributed by atoms with E-state index < -0.39 is 5.97 Å². The number of aryl methyl sites for hydroxylation is 1. The van der Waals surface area contributed by atoms with E-state index in [1.165, 1.54) is 11.8 Å². The standard InChI is InChI=1S/C12H13N3O3S/c1-7-2-3-8(4-9(7)15-18)10-5-11(14-13-10)19-6-12(16)17/h2-4,15,18H,5-6H2,1H3,(H,16,17). The van der Waals surface area contributed by atoms with Gasteiger partial charge in [0.2, 0.25) is 0 Å². The van der Waals surface area contributed by atoms with Gasteiger partial charge >= 0.3 is 5.97 Å². The molecule has 0 atom stereocenters. The smallest absolute Gasteiger partial charge is 0.313 e. The van der Waals surface area contributed by atoms with E-state index in [-0.39, 0.29) is 5.75 Å². The Morgan fingerprint density at radius 1 is 1.47 bits per heavy atom. The molecule has 0 saturated heterocycles. The fourth-order valence-corrected chi connectivity index (χ4v) is 2.26. The number of aliphatic carboxylic acids is 1. The average molecular weight is 279 g/mol. The number of thioether (sulfide) groups is 1. The Balaban J connectivity index is 2.04. The highest BCUT2D eigenvalue weighted by Gasteiger charge is 2.16. The van der Waals surface area contributed by atoms with Gasteiger partial charge in [0.1, 0.15) is 5.04 Å². The lowest BCUT2D eigenvalue weighted by Gasteiger charge is -2.07. The van der Waals surface area contributed by atoms with Gasteiger partial charge < -0.3 is 5.11 Å². The van der Waals surface area contributed by atoms with E-state index in [2.05, 4.69) is 15.7 Å². The van der Waals surface area contributed by atoms with Crippen molar-refractivity contribution in [3.05, 3.63) is 29.3 Å². The van der Waals surface area contributed by atoms with Gasteiger partial charge in [0.25, 0.3) is 0 Å². The summed E-state index contributed by atoms with van der Waals surface area (Å²) in [6, 6.07) is 5.56. The van der Waals surface area contributed by atoms with Crippen molar-refractivity contribution in [2.75, 3.05) is 11.2 Å². The molecule has 2 rings (SSSR count). The molecule has 6 nitrogen and oxygen atoms in total. The fraction of sp³-hybridized carbons (Fsp3) is 0.250. The maximum atomic E-state index is 10.5. The number of hydrogen-bond acceptors (Lipinski definition) is 6. The van der Waals surface area contributed by atoms with E-state index in [0.29, 0.717) is 17.2 Å². The topological polar surface area (TPSA) is 94.3 Å². The van der Waals surface area contributed by atoms with Crippen LogP contribution in [0.3, 0.4) is 0 Å². The molecule has 1 heterocycles. The molecule has 1 aliphatic heterocycles. The first kappa shape index (κ1) is 13.6. The Bertz CT molecular complexity index is 569. The molecule has 0 unspecified atom stereocenters. The minimum absolute atomic E-state index is 0.0149. The third-order valence-electron chi connectivity index (χ3n) is 2.65. The lowest BCUT2D eigenvalue weighted by molar-refractivity contribution is -0.133.